The van der Waals surface area contributed by atoms with E-state index in [9.17, 15) is 4.79 Å². The quantitative estimate of drug-likeness (QED) is 0.465. The van der Waals surface area contributed by atoms with E-state index in [1.165, 1.54) is 24.8 Å². The summed E-state index contributed by atoms with van der Waals surface area (Å²) in [6.07, 6.45) is 8.59. The molecule has 3 heterocycles. The van der Waals surface area contributed by atoms with Crippen LogP contribution in [-0.4, -0.2) is 54.9 Å². The number of ether oxygens (including phenoxy) is 1. The number of amides is 2. The first-order chi connectivity index (χ1) is 19.1. The summed E-state index contributed by atoms with van der Waals surface area (Å²) in [5, 5.41) is 10.5. The van der Waals surface area contributed by atoms with Crippen molar-refractivity contribution in [3.8, 4) is 0 Å². The molecule has 2 amide bonds. The van der Waals surface area contributed by atoms with E-state index in [-0.39, 0.29) is 18.0 Å². The number of benzene rings is 2. The summed E-state index contributed by atoms with van der Waals surface area (Å²) in [7, 11) is 0. The lowest BCUT2D eigenvalue weighted by Crippen LogP contribution is -2.45. The maximum atomic E-state index is 14.5. The Labute approximate surface area is 232 Å². The highest BCUT2D eigenvalue weighted by Gasteiger charge is 2.37. The van der Waals surface area contributed by atoms with Gasteiger partial charge in [0.2, 0.25) is 0 Å². The Morgan fingerprint density at radius 1 is 1.03 bits per heavy atom. The number of carbonyl (C=O) groups is 1. The van der Waals surface area contributed by atoms with Crippen molar-refractivity contribution in [1.29, 1.82) is 0 Å². The first-order valence-electron chi connectivity index (χ1n) is 14.9. The summed E-state index contributed by atoms with van der Waals surface area (Å²) in [4.78, 5) is 21.1. The van der Waals surface area contributed by atoms with Crippen LogP contribution in [0, 0.1) is 12.8 Å². The number of nitrogens with one attached hydrogen (secondary N) is 1. The second-order valence-electron chi connectivity index (χ2n) is 11.4. The average Bonchev–Trinajstić information content (AvgIpc) is 3.47. The van der Waals surface area contributed by atoms with Gasteiger partial charge in [-0.1, -0.05) is 50.5 Å². The molecule has 1 saturated carbocycles. The molecule has 0 aromatic heterocycles. The molecule has 6 rings (SSSR count). The van der Waals surface area contributed by atoms with E-state index in [1.54, 1.807) is 0 Å². The van der Waals surface area contributed by atoms with Gasteiger partial charge in [-0.2, -0.15) is 5.10 Å². The van der Waals surface area contributed by atoms with Crippen molar-refractivity contribution in [3.05, 3.63) is 59.2 Å². The second-order valence-corrected chi connectivity index (χ2v) is 11.4. The van der Waals surface area contributed by atoms with Gasteiger partial charge >= 0.3 is 6.03 Å². The minimum absolute atomic E-state index is 0.0398. The van der Waals surface area contributed by atoms with Gasteiger partial charge in [0.15, 0.2) is 0 Å². The minimum Gasteiger partial charge on any atom is -0.381 e. The van der Waals surface area contributed by atoms with Gasteiger partial charge in [0.05, 0.1) is 29.7 Å². The number of aryl methyl sites for hydroxylation is 1. The average molecular weight is 528 g/mol. The molecule has 39 heavy (non-hydrogen) atoms. The van der Waals surface area contributed by atoms with Gasteiger partial charge in [-0.15, -0.1) is 0 Å². The summed E-state index contributed by atoms with van der Waals surface area (Å²) < 4.78 is 5.66. The van der Waals surface area contributed by atoms with E-state index in [0.29, 0.717) is 19.1 Å². The molecule has 206 valence electrons. The minimum atomic E-state index is -0.0683. The van der Waals surface area contributed by atoms with Gasteiger partial charge in [-0.05, 0) is 68.4 Å². The molecule has 1 aliphatic carbocycles. The molecule has 3 aliphatic heterocycles. The molecule has 0 radical (unpaired) electrons. The van der Waals surface area contributed by atoms with E-state index in [4.69, 9.17) is 9.84 Å². The summed E-state index contributed by atoms with van der Waals surface area (Å²) in [5.41, 5.74) is 6.36. The van der Waals surface area contributed by atoms with E-state index < -0.39 is 0 Å². The number of hydrogen-bond donors (Lipinski definition) is 1. The molecule has 0 spiro atoms. The van der Waals surface area contributed by atoms with E-state index in [1.807, 2.05) is 9.91 Å². The monoisotopic (exact) mass is 527 g/mol. The molecule has 7 heteroatoms. The largest absolute Gasteiger partial charge is 0.381 e. The van der Waals surface area contributed by atoms with Crippen LogP contribution in [0.15, 0.2) is 52.6 Å². The number of rotatable bonds is 6. The van der Waals surface area contributed by atoms with Gasteiger partial charge < -0.3 is 10.1 Å². The van der Waals surface area contributed by atoms with Gasteiger partial charge in [-0.3, -0.25) is 9.89 Å². The molecular formula is C32H41N5O2. The Kier molecular flexibility index (Phi) is 7.69. The summed E-state index contributed by atoms with van der Waals surface area (Å²) in [6.45, 7) is 7.39. The van der Waals surface area contributed by atoms with Crippen LogP contribution in [0.25, 0.3) is 0 Å². The normalized spacial score (nSPS) is 21.6. The Bertz CT molecular complexity index is 1240. The highest BCUT2D eigenvalue weighted by atomic mass is 16.5. The fraction of sp³-hybridized carbons (Fsp3) is 0.531. The van der Waals surface area contributed by atoms with Crippen LogP contribution in [0.3, 0.4) is 0 Å². The van der Waals surface area contributed by atoms with E-state index >= 15 is 0 Å². The van der Waals surface area contributed by atoms with Crippen molar-refractivity contribution in [3.63, 3.8) is 0 Å². The zero-order chi connectivity index (χ0) is 26.8. The molecule has 4 aliphatic rings. The van der Waals surface area contributed by atoms with Crippen LogP contribution in [0.2, 0.25) is 0 Å². The predicted octanol–water partition coefficient (Wildman–Crippen LogP) is 6.53. The highest BCUT2D eigenvalue weighted by molar-refractivity contribution is 6.14. The molecule has 1 N–H and O–H groups in total. The first-order valence-corrected chi connectivity index (χ1v) is 14.9. The topological polar surface area (TPSA) is 69.5 Å². The molecule has 0 bridgehead atoms. The lowest BCUT2D eigenvalue weighted by atomic mass is 9.82. The lowest BCUT2D eigenvalue weighted by molar-refractivity contribution is 0.0480. The van der Waals surface area contributed by atoms with Crippen LogP contribution >= 0.6 is 0 Å². The van der Waals surface area contributed by atoms with Gasteiger partial charge in [0, 0.05) is 37.2 Å². The summed E-state index contributed by atoms with van der Waals surface area (Å²) in [5.74, 6) is 1.70. The number of hydrazone groups is 1. The number of anilines is 2. The fourth-order valence-corrected chi connectivity index (χ4v) is 6.65. The van der Waals surface area contributed by atoms with E-state index in [0.717, 1.165) is 79.2 Å². The van der Waals surface area contributed by atoms with Crippen molar-refractivity contribution in [2.45, 2.75) is 77.2 Å². The molecule has 1 saturated heterocycles. The number of fused-ring (bicyclic) bond motifs is 1. The Morgan fingerprint density at radius 3 is 2.49 bits per heavy atom. The van der Waals surface area contributed by atoms with Crippen LogP contribution in [-0.2, 0) is 4.74 Å². The first kappa shape index (κ1) is 26.1. The molecule has 2 aromatic rings. The van der Waals surface area contributed by atoms with Crippen molar-refractivity contribution < 1.29 is 9.53 Å². The third kappa shape index (κ3) is 5.21. The predicted molar refractivity (Wildman–Crippen MR) is 157 cm³/mol. The molecule has 7 nitrogen and oxygen atoms in total. The van der Waals surface area contributed by atoms with Crippen molar-refractivity contribution in [1.82, 2.24) is 10.3 Å². The molecular weight excluding hydrogens is 486 g/mol. The molecule has 1 atom stereocenters. The third-order valence-corrected chi connectivity index (χ3v) is 8.79. The van der Waals surface area contributed by atoms with Crippen LogP contribution in [0.1, 0.15) is 80.9 Å². The van der Waals surface area contributed by atoms with Crippen LogP contribution in [0.5, 0.6) is 0 Å². The summed E-state index contributed by atoms with van der Waals surface area (Å²) in [6, 6.07) is 15.0. The maximum Gasteiger partial charge on any atom is 0.349 e. The highest BCUT2D eigenvalue weighted by Crippen LogP contribution is 2.39. The van der Waals surface area contributed by atoms with Crippen molar-refractivity contribution in [2.75, 3.05) is 31.2 Å². The van der Waals surface area contributed by atoms with Gasteiger partial charge in [0.25, 0.3) is 0 Å². The maximum absolute atomic E-state index is 14.5. The Balaban J connectivity index is 1.43. The number of carbonyl (C=O) groups excluding carboxylic acids is 1. The fourth-order valence-electron chi connectivity index (χ4n) is 6.65. The van der Waals surface area contributed by atoms with Crippen molar-refractivity contribution in [2.24, 2.45) is 16.0 Å². The third-order valence-electron chi connectivity index (χ3n) is 8.79. The Morgan fingerprint density at radius 2 is 1.79 bits per heavy atom. The summed E-state index contributed by atoms with van der Waals surface area (Å²) >= 11 is 0. The number of urea groups is 1. The number of nitrogens with zero attached hydrogens (tertiary/aromatic N) is 4. The number of amidine groups is 1. The van der Waals surface area contributed by atoms with Crippen molar-refractivity contribution >= 4 is 29.0 Å². The zero-order valence-electron chi connectivity index (χ0n) is 23.4. The molecule has 2 fully saturated rings. The number of hydrogen-bond acceptors (Lipinski definition) is 5. The van der Waals surface area contributed by atoms with Crippen LogP contribution in [0.4, 0.5) is 16.2 Å². The van der Waals surface area contributed by atoms with Gasteiger partial charge in [-0.25, -0.2) is 9.80 Å². The SMILES string of the molecule is CCC(C1=NCCN1)c1ccc(N2C(=O)N(C3CCOCC3)N=C(C3CCCCC3)c3ccc(C)cc32)cc1. The number of aliphatic imine (C=N–C) groups is 1. The second kappa shape index (κ2) is 11.5. The Hall–Kier alpha value is -3.19. The smallest absolute Gasteiger partial charge is 0.349 e. The van der Waals surface area contributed by atoms with Gasteiger partial charge in [0.1, 0.15) is 5.84 Å². The zero-order valence-corrected chi connectivity index (χ0v) is 23.4. The standard InChI is InChI=1S/C32H41N5O2/c1-3-27(31-33-17-18-34-31)23-10-12-25(13-11-23)36-29-21-22(2)9-14-28(29)30(24-7-5-4-6-8-24)35-37(32(36)38)26-15-19-39-20-16-26/h9-14,21,24,26-27H,3-8,15-20H2,1-2H3,(H,33,34). The molecule has 1 unspecified atom stereocenters. The van der Waals surface area contributed by atoms with E-state index in [2.05, 4.69) is 66.6 Å². The molecule has 2 aromatic carbocycles. The van der Waals surface area contributed by atoms with Crippen LogP contribution < -0.4 is 10.2 Å². The lowest BCUT2D eigenvalue weighted by Gasteiger charge is -2.33.